The maximum Gasteiger partial charge on any atom is 0.323 e. The van der Waals surface area contributed by atoms with E-state index in [0.717, 1.165) is 0 Å². The van der Waals surface area contributed by atoms with Crippen molar-refractivity contribution in [3.63, 3.8) is 0 Å². The molecule has 0 saturated carbocycles. The summed E-state index contributed by atoms with van der Waals surface area (Å²) < 4.78 is 37.3. The van der Waals surface area contributed by atoms with Crippen LogP contribution in [0.5, 0.6) is 12.0 Å². The minimum absolute atomic E-state index is 0.00764. The van der Waals surface area contributed by atoms with Gasteiger partial charge in [-0.15, -0.1) is 0 Å². The summed E-state index contributed by atoms with van der Waals surface area (Å²) in [7, 11) is -2.15. The first-order chi connectivity index (χ1) is 21.3. The lowest BCUT2D eigenvalue weighted by atomic mass is 10.1. The van der Waals surface area contributed by atoms with Gasteiger partial charge in [-0.1, -0.05) is 24.3 Å². The van der Waals surface area contributed by atoms with Crippen LogP contribution in [0, 0.1) is 0 Å². The Hall–Kier alpha value is -3.78. The zero-order valence-corrected chi connectivity index (χ0v) is 28.8. The standard InChI is InChI=1S/C30H46N7O8P/c1-18(25(38)44-29(3,4)5)35-46(41,36-19(2)26(39)45-30(6,7)8)17-21-12-10-11-20(15-21)16-37-24-22(32-28(37)40)23(31)33-27(34-24)43-14-13-42-9/h10-12,15,18-19H,13-14,16-17H2,1-9H3,(H,32,40)(H2,31,33,34)(H2,35,36,41). The molecule has 46 heavy (non-hydrogen) atoms. The number of methoxy groups -OCH3 is 1. The Morgan fingerprint density at radius 3 is 2.07 bits per heavy atom. The molecule has 2 atom stereocenters. The number of imidazole rings is 1. The topological polar surface area (TPSA) is 202 Å². The zero-order valence-electron chi connectivity index (χ0n) is 27.9. The maximum atomic E-state index is 14.4. The van der Waals surface area contributed by atoms with Gasteiger partial charge in [-0.05, 0) is 66.5 Å². The van der Waals surface area contributed by atoms with E-state index >= 15 is 0 Å². The summed E-state index contributed by atoms with van der Waals surface area (Å²) in [6, 6.07) is 4.88. The third kappa shape index (κ3) is 10.6. The molecule has 0 bridgehead atoms. The number of ether oxygens (including phenoxy) is 4. The Morgan fingerprint density at radius 2 is 1.52 bits per heavy atom. The molecule has 254 valence electrons. The van der Waals surface area contributed by atoms with Crippen LogP contribution in [0.25, 0.3) is 11.2 Å². The highest BCUT2D eigenvalue weighted by Gasteiger charge is 2.34. The molecule has 3 rings (SSSR count). The van der Waals surface area contributed by atoms with Crippen molar-refractivity contribution >= 4 is 36.4 Å². The quantitative estimate of drug-likeness (QED) is 0.111. The number of aromatic hydroxyl groups is 1. The van der Waals surface area contributed by atoms with E-state index in [1.165, 1.54) is 11.7 Å². The molecule has 0 fully saturated rings. The first-order valence-corrected chi connectivity index (χ1v) is 16.7. The van der Waals surface area contributed by atoms with Gasteiger partial charge in [0.25, 0.3) is 6.01 Å². The summed E-state index contributed by atoms with van der Waals surface area (Å²) in [5.74, 6) is -1.15. The van der Waals surface area contributed by atoms with Gasteiger partial charge in [-0.25, -0.2) is 10.2 Å². The molecular formula is C30H46N7O8P. The number of nitrogens with one attached hydrogen (secondary N) is 2. The predicted molar refractivity (Wildman–Crippen MR) is 173 cm³/mol. The van der Waals surface area contributed by atoms with Gasteiger partial charge in [0.2, 0.25) is 7.44 Å². The Labute approximate surface area is 269 Å². The first-order valence-electron chi connectivity index (χ1n) is 14.8. The van der Waals surface area contributed by atoms with Crippen LogP contribution in [0.3, 0.4) is 0 Å². The van der Waals surface area contributed by atoms with Crippen LogP contribution < -0.4 is 20.6 Å². The predicted octanol–water partition coefficient (Wildman–Crippen LogP) is 3.52. The van der Waals surface area contributed by atoms with Crippen molar-refractivity contribution < 1.29 is 38.2 Å². The smallest absolute Gasteiger partial charge is 0.323 e. The molecule has 16 heteroatoms. The third-order valence-electron chi connectivity index (χ3n) is 6.16. The fourth-order valence-electron chi connectivity index (χ4n) is 4.32. The molecule has 0 aliphatic rings. The zero-order chi connectivity index (χ0) is 34.4. The Morgan fingerprint density at radius 1 is 0.957 bits per heavy atom. The molecule has 0 amide bonds. The van der Waals surface area contributed by atoms with Crippen molar-refractivity contribution in [2.24, 2.45) is 0 Å². The van der Waals surface area contributed by atoms with Crippen LogP contribution in [-0.4, -0.2) is 80.2 Å². The minimum atomic E-state index is -3.69. The number of anilines is 1. The number of benzene rings is 1. The number of carbonyl (C=O) groups is 2. The van der Waals surface area contributed by atoms with E-state index in [4.69, 9.17) is 24.7 Å². The Bertz CT molecular complexity index is 1540. The fraction of sp³-hybridized carbons (Fsp3) is 0.567. The number of rotatable bonds is 14. The Kier molecular flexibility index (Phi) is 11.8. The number of nitrogens with two attached hydrogens (primary N) is 1. The van der Waals surface area contributed by atoms with Gasteiger partial charge in [0.15, 0.2) is 17.0 Å². The highest BCUT2D eigenvalue weighted by molar-refractivity contribution is 7.59. The van der Waals surface area contributed by atoms with E-state index in [-0.39, 0.29) is 48.3 Å². The molecule has 0 spiro atoms. The highest BCUT2D eigenvalue weighted by atomic mass is 31.2. The molecular weight excluding hydrogens is 617 g/mol. The number of fused-ring (bicyclic) bond motifs is 1. The number of nitrogens with zero attached hydrogens (tertiary/aromatic N) is 4. The Balaban J connectivity index is 1.91. The second-order valence-electron chi connectivity index (χ2n) is 12.9. The molecule has 2 heterocycles. The van der Waals surface area contributed by atoms with Crippen molar-refractivity contribution in [3.8, 4) is 12.0 Å². The van der Waals surface area contributed by atoms with Crippen LogP contribution >= 0.6 is 7.44 Å². The number of hydrogen-bond donors (Lipinski definition) is 4. The van der Waals surface area contributed by atoms with Gasteiger partial charge in [0.1, 0.15) is 29.9 Å². The molecule has 0 radical (unpaired) electrons. The first kappa shape index (κ1) is 36.7. The van der Waals surface area contributed by atoms with Gasteiger partial charge in [-0.2, -0.15) is 15.0 Å². The summed E-state index contributed by atoms with van der Waals surface area (Å²) >= 11 is 0. The summed E-state index contributed by atoms with van der Waals surface area (Å²) in [6.07, 6.45) is -0.0790. The van der Waals surface area contributed by atoms with E-state index in [9.17, 15) is 19.3 Å². The molecule has 15 nitrogen and oxygen atoms in total. The minimum Gasteiger partial charge on any atom is -0.480 e. The van der Waals surface area contributed by atoms with Crippen LogP contribution in [0.2, 0.25) is 0 Å². The SMILES string of the molecule is COCCOc1nc(N)c2nc(O)n(Cc3cccc(CP(=O)(NC(C)C(=O)OC(C)(C)C)NC(C)C(=O)OC(C)(C)C)c3)c2n1. The van der Waals surface area contributed by atoms with E-state index in [1.54, 1.807) is 73.6 Å². The molecule has 0 saturated heterocycles. The number of nitrogen functional groups attached to an aromatic ring is 1. The maximum absolute atomic E-state index is 14.4. The number of aromatic nitrogens is 4. The lowest BCUT2D eigenvalue weighted by Gasteiger charge is -2.29. The molecule has 2 unspecified atom stereocenters. The van der Waals surface area contributed by atoms with E-state index < -0.39 is 42.7 Å². The normalized spacial score (nSPS) is 14.8. The van der Waals surface area contributed by atoms with Crippen molar-refractivity contribution in [1.29, 1.82) is 0 Å². The van der Waals surface area contributed by atoms with Crippen LogP contribution in [-0.2, 0) is 41.1 Å². The van der Waals surface area contributed by atoms with Crippen molar-refractivity contribution in [3.05, 3.63) is 35.4 Å². The van der Waals surface area contributed by atoms with Crippen molar-refractivity contribution in [2.75, 3.05) is 26.1 Å². The summed E-state index contributed by atoms with van der Waals surface area (Å²) in [5.41, 5.74) is 6.35. The van der Waals surface area contributed by atoms with Gasteiger partial charge >= 0.3 is 17.9 Å². The summed E-state index contributed by atoms with van der Waals surface area (Å²) in [4.78, 5) is 38.2. The second-order valence-corrected chi connectivity index (χ2v) is 15.2. The van der Waals surface area contributed by atoms with Crippen LogP contribution in [0.4, 0.5) is 5.82 Å². The van der Waals surface area contributed by atoms with Crippen LogP contribution in [0.15, 0.2) is 24.3 Å². The largest absolute Gasteiger partial charge is 0.480 e. The van der Waals surface area contributed by atoms with Crippen molar-refractivity contribution in [1.82, 2.24) is 29.7 Å². The van der Waals surface area contributed by atoms with Crippen molar-refractivity contribution in [2.45, 2.75) is 91.4 Å². The molecule has 1 aromatic carbocycles. The second kappa shape index (κ2) is 14.8. The lowest BCUT2D eigenvalue weighted by molar-refractivity contribution is -0.157. The lowest BCUT2D eigenvalue weighted by Crippen LogP contribution is -2.44. The average Bonchev–Trinajstić information content (AvgIpc) is 3.22. The summed E-state index contributed by atoms with van der Waals surface area (Å²) in [5, 5.41) is 16.5. The van der Waals surface area contributed by atoms with E-state index in [1.807, 2.05) is 6.07 Å². The van der Waals surface area contributed by atoms with Crippen LogP contribution in [0.1, 0.15) is 66.5 Å². The van der Waals surface area contributed by atoms with E-state index in [2.05, 4.69) is 25.1 Å². The van der Waals surface area contributed by atoms with Gasteiger partial charge in [-0.3, -0.25) is 18.7 Å². The molecule has 0 aliphatic carbocycles. The third-order valence-corrected chi connectivity index (χ3v) is 8.58. The van der Waals surface area contributed by atoms with Gasteiger partial charge in [0.05, 0.1) is 19.3 Å². The summed E-state index contributed by atoms with van der Waals surface area (Å²) in [6.45, 7) is 14.2. The fourth-order valence-corrected chi connectivity index (χ4v) is 6.75. The molecule has 5 N–H and O–H groups in total. The van der Waals surface area contributed by atoms with Gasteiger partial charge in [0, 0.05) is 7.11 Å². The highest BCUT2D eigenvalue weighted by Crippen LogP contribution is 2.42. The number of esters is 2. The molecule has 2 aromatic heterocycles. The molecule has 3 aromatic rings. The van der Waals surface area contributed by atoms with Gasteiger partial charge < -0.3 is 29.8 Å². The average molecular weight is 664 g/mol. The number of carbonyl (C=O) groups excluding carboxylic acids is 2. The molecule has 0 aliphatic heterocycles. The number of hydrogen-bond acceptors (Lipinski definition) is 12. The van der Waals surface area contributed by atoms with E-state index in [0.29, 0.717) is 17.7 Å². The monoisotopic (exact) mass is 663 g/mol.